The summed E-state index contributed by atoms with van der Waals surface area (Å²) in [6.07, 6.45) is 4.58. The fourth-order valence-corrected chi connectivity index (χ4v) is 2.62. The van der Waals surface area contributed by atoms with Gasteiger partial charge in [-0.3, -0.25) is 4.79 Å². The lowest BCUT2D eigenvalue weighted by Gasteiger charge is -2.33. The van der Waals surface area contributed by atoms with Crippen LogP contribution in [0, 0.1) is 0 Å². The topological polar surface area (TPSA) is 89.9 Å². The average molecular weight is 286 g/mol. The van der Waals surface area contributed by atoms with Crippen molar-refractivity contribution in [1.82, 2.24) is 10.2 Å². The van der Waals surface area contributed by atoms with Crippen LogP contribution in [0.5, 0.6) is 0 Å². The van der Waals surface area contributed by atoms with Crippen LogP contribution in [0.4, 0.5) is 4.79 Å². The normalized spacial score (nSPS) is 16.1. The standard InChI is InChI=1S/C14H26N2O4/c1-14(2,8-7-12(18)19)15-13(20)16(9-10-17)11-5-3-4-6-11/h11,17H,3-10H2,1-2H3,(H,15,20)(H,18,19). The average Bonchev–Trinajstić information content (AvgIpc) is 2.86. The van der Waals surface area contributed by atoms with Gasteiger partial charge >= 0.3 is 12.0 Å². The Morgan fingerprint density at radius 3 is 2.40 bits per heavy atom. The molecule has 116 valence electrons. The van der Waals surface area contributed by atoms with Crippen molar-refractivity contribution in [2.45, 2.75) is 64.0 Å². The third kappa shape index (κ3) is 5.36. The summed E-state index contributed by atoms with van der Waals surface area (Å²) >= 11 is 0. The number of aliphatic hydroxyl groups is 1. The second kappa shape index (κ2) is 7.47. The van der Waals surface area contributed by atoms with Crippen LogP contribution in [0.2, 0.25) is 0 Å². The van der Waals surface area contributed by atoms with E-state index in [1.165, 1.54) is 0 Å². The molecule has 20 heavy (non-hydrogen) atoms. The Balaban J connectivity index is 2.57. The zero-order chi connectivity index (χ0) is 15.2. The Hall–Kier alpha value is -1.30. The predicted octanol–water partition coefficient (Wildman–Crippen LogP) is 1.58. The summed E-state index contributed by atoms with van der Waals surface area (Å²) in [5.41, 5.74) is -0.568. The Morgan fingerprint density at radius 2 is 1.90 bits per heavy atom. The Labute approximate surface area is 120 Å². The molecule has 6 nitrogen and oxygen atoms in total. The highest BCUT2D eigenvalue weighted by molar-refractivity contribution is 5.75. The van der Waals surface area contributed by atoms with Gasteiger partial charge in [0.1, 0.15) is 0 Å². The Morgan fingerprint density at radius 1 is 1.30 bits per heavy atom. The minimum atomic E-state index is -0.865. The molecule has 0 saturated heterocycles. The smallest absolute Gasteiger partial charge is 0.318 e. The number of hydrogen-bond acceptors (Lipinski definition) is 3. The molecule has 0 aliphatic heterocycles. The Bertz CT molecular complexity index is 338. The first kappa shape index (κ1) is 16.8. The molecule has 1 aliphatic carbocycles. The third-order valence-electron chi connectivity index (χ3n) is 3.78. The number of hydrogen-bond donors (Lipinski definition) is 3. The summed E-state index contributed by atoms with van der Waals surface area (Å²) in [5, 5.41) is 20.7. The summed E-state index contributed by atoms with van der Waals surface area (Å²) in [6.45, 7) is 3.91. The number of carbonyl (C=O) groups excluding carboxylic acids is 1. The molecule has 0 heterocycles. The number of carbonyl (C=O) groups is 2. The molecule has 3 N–H and O–H groups in total. The van der Waals surface area contributed by atoms with Crippen LogP contribution in [0.1, 0.15) is 52.4 Å². The lowest BCUT2D eigenvalue weighted by atomic mass is 9.98. The highest BCUT2D eigenvalue weighted by Gasteiger charge is 2.29. The number of aliphatic hydroxyl groups excluding tert-OH is 1. The maximum atomic E-state index is 12.3. The van der Waals surface area contributed by atoms with Crippen LogP contribution in [-0.4, -0.2) is 51.8 Å². The largest absolute Gasteiger partial charge is 0.481 e. The summed E-state index contributed by atoms with van der Waals surface area (Å²) in [4.78, 5) is 24.6. The van der Waals surface area contributed by atoms with Gasteiger partial charge in [0.15, 0.2) is 0 Å². The first-order valence-corrected chi connectivity index (χ1v) is 7.27. The summed E-state index contributed by atoms with van der Waals surface area (Å²) in [5.74, 6) is -0.865. The number of rotatable bonds is 7. The zero-order valence-corrected chi connectivity index (χ0v) is 12.4. The van der Waals surface area contributed by atoms with Crippen LogP contribution < -0.4 is 5.32 Å². The molecular weight excluding hydrogens is 260 g/mol. The summed E-state index contributed by atoms with van der Waals surface area (Å²) in [6, 6.07) is -0.0150. The highest BCUT2D eigenvalue weighted by Crippen LogP contribution is 2.24. The van der Waals surface area contributed by atoms with Crippen molar-refractivity contribution < 1.29 is 19.8 Å². The van der Waals surface area contributed by atoms with Crippen molar-refractivity contribution in [2.75, 3.05) is 13.2 Å². The van der Waals surface area contributed by atoms with Gasteiger partial charge in [0, 0.05) is 24.5 Å². The number of urea groups is 1. The van der Waals surface area contributed by atoms with E-state index in [1.54, 1.807) is 4.90 Å². The van der Waals surface area contributed by atoms with Gasteiger partial charge in [-0.15, -0.1) is 0 Å². The number of nitrogens with one attached hydrogen (secondary N) is 1. The lowest BCUT2D eigenvalue weighted by Crippen LogP contribution is -2.53. The molecule has 0 spiro atoms. The van der Waals surface area contributed by atoms with Gasteiger partial charge in [-0.2, -0.15) is 0 Å². The van der Waals surface area contributed by atoms with Crippen molar-refractivity contribution in [1.29, 1.82) is 0 Å². The fourth-order valence-electron chi connectivity index (χ4n) is 2.62. The van der Waals surface area contributed by atoms with Gasteiger partial charge in [0.05, 0.1) is 6.61 Å². The number of aliphatic carboxylic acids is 1. The van der Waals surface area contributed by atoms with Gasteiger partial charge in [0.25, 0.3) is 0 Å². The zero-order valence-electron chi connectivity index (χ0n) is 12.4. The van der Waals surface area contributed by atoms with Crippen LogP contribution in [0.15, 0.2) is 0 Å². The number of nitrogens with zero attached hydrogens (tertiary/aromatic N) is 1. The number of carboxylic acids is 1. The molecule has 1 saturated carbocycles. The van der Waals surface area contributed by atoms with Crippen molar-refractivity contribution in [2.24, 2.45) is 0 Å². The van der Waals surface area contributed by atoms with E-state index in [0.717, 1.165) is 25.7 Å². The van der Waals surface area contributed by atoms with Crippen molar-refractivity contribution >= 4 is 12.0 Å². The van der Waals surface area contributed by atoms with Crippen LogP contribution in [-0.2, 0) is 4.79 Å². The number of carboxylic acid groups (broad SMARTS) is 1. The molecule has 1 fully saturated rings. The Kier molecular flexibility index (Phi) is 6.26. The highest BCUT2D eigenvalue weighted by atomic mass is 16.4. The molecular formula is C14H26N2O4. The molecule has 6 heteroatoms. The van der Waals surface area contributed by atoms with E-state index in [0.29, 0.717) is 13.0 Å². The minimum Gasteiger partial charge on any atom is -0.481 e. The van der Waals surface area contributed by atoms with Gasteiger partial charge in [0.2, 0.25) is 0 Å². The van der Waals surface area contributed by atoms with Gasteiger partial charge in [-0.05, 0) is 33.1 Å². The van der Waals surface area contributed by atoms with E-state index in [2.05, 4.69) is 5.32 Å². The van der Waals surface area contributed by atoms with Gasteiger partial charge in [-0.25, -0.2) is 4.79 Å². The molecule has 0 aromatic carbocycles. The van der Waals surface area contributed by atoms with Gasteiger partial charge < -0.3 is 20.4 Å². The third-order valence-corrected chi connectivity index (χ3v) is 3.78. The van der Waals surface area contributed by atoms with Crippen LogP contribution in [0.25, 0.3) is 0 Å². The molecule has 1 aliphatic rings. The quantitative estimate of drug-likeness (QED) is 0.662. The predicted molar refractivity (Wildman–Crippen MR) is 75.5 cm³/mol. The minimum absolute atomic E-state index is 0.0245. The van der Waals surface area contributed by atoms with E-state index >= 15 is 0 Å². The molecule has 0 radical (unpaired) electrons. The maximum absolute atomic E-state index is 12.3. The summed E-state index contributed by atoms with van der Waals surface area (Å²) in [7, 11) is 0. The first-order chi connectivity index (χ1) is 9.35. The van der Waals surface area contributed by atoms with E-state index in [1.807, 2.05) is 13.8 Å². The molecule has 0 atom stereocenters. The molecule has 1 rings (SSSR count). The maximum Gasteiger partial charge on any atom is 0.318 e. The second-order valence-corrected chi connectivity index (χ2v) is 6.06. The van der Waals surface area contributed by atoms with E-state index in [9.17, 15) is 9.59 Å². The summed E-state index contributed by atoms with van der Waals surface area (Å²) < 4.78 is 0. The SMILES string of the molecule is CC(C)(CCC(=O)O)NC(=O)N(CCO)C1CCCC1. The number of amides is 2. The van der Waals surface area contributed by atoms with Crippen molar-refractivity contribution in [3.05, 3.63) is 0 Å². The van der Waals surface area contributed by atoms with E-state index in [4.69, 9.17) is 10.2 Å². The van der Waals surface area contributed by atoms with Crippen molar-refractivity contribution in [3.8, 4) is 0 Å². The van der Waals surface area contributed by atoms with E-state index < -0.39 is 11.5 Å². The molecule has 0 aromatic heterocycles. The fraction of sp³-hybridized carbons (Fsp3) is 0.857. The van der Waals surface area contributed by atoms with Crippen LogP contribution >= 0.6 is 0 Å². The van der Waals surface area contributed by atoms with Crippen molar-refractivity contribution in [3.63, 3.8) is 0 Å². The molecule has 0 unspecified atom stereocenters. The van der Waals surface area contributed by atoms with Crippen LogP contribution in [0.3, 0.4) is 0 Å². The monoisotopic (exact) mass is 286 g/mol. The van der Waals surface area contributed by atoms with E-state index in [-0.39, 0.29) is 25.1 Å². The second-order valence-electron chi connectivity index (χ2n) is 6.06. The van der Waals surface area contributed by atoms with Gasteiger partial charge in [-0.1, -0.05) is 12.8 Å². The molecule has 0 bridgehead atoms. The first-order valence-electron chi connectivity index (χ1n) is 7.27. The lowest BCUT2D eigenvalue weighted by molar-refractivity contribution is -0.137. The molecule has 0 aromatic rings. The molecule has 2 amide bonds.